The van der Waals surface area contributed by atoms with Gasteiger partial charge in [0.1, 0.15) is 24.9 Å². The Bertz CT molecular complexity index is 1010. The highest BCUT2D eigenvalue weighted by Crippen LogP contribution is 2.43. The third kappa shape index (κ3) is 7.20. The van der Waals surface area contributed by atoms with Crippen LogP contribution in [0.5, 0.6) is 0 Å². The first-order chi connectivity index (χ1) is 17.4. The first-order valence-corrected chi connectivity index (χ1v) is 12.1. The molecule has 9 nitrogen and oxygen atoms in total. The fraction of sp³-hybridized carbons (Fsp3) is 0.444. The standard InChI is InChI=1S/C27H33NO8/c1-2-3-15-27(22-12-8-5-9-13-22)35-24(25(36-27)23(30)18-29)17-21(14-16-28(32)33)26(31)34-19-20-10-6-4-7-11-20/h4-13,17,23-25,29-30H,2-3,14-16,18-19H2,1H3. The van der Waals surface area contributed by atoms with Crippen LogP contribution in [0.25, 0.3) is 0 Å². The molecular weight excluding hydrogens is 466 g/mol. The Balaban J connectivity index is 1.92. The van der Waals surface area contributed by atoms with Crippen molar-refractivity contribution in [2.24, 2.45) is 0 Å². The molecule has 0 spiro atoms. The van der Waals surface area contributed by atoms with Gasteiger partial charge in [-0.25, -0.2) is 4.79 Å². The molecule has 1 aliphatic heterocycles. The van der Waals surface area contributed by atoms with Crippen molar-refractivity contribution < 1.29 is 34.1 Å². The number of hydrogen-bond acceptors (Lipinski definition) is 8. The van der Waals surface area contributed by atoms with Gasteiger partial charge in [-0.15, -0.1) is 0 Å². The van der Waals surface area contributed by atoms with E-state index < -0.39 is 48.1 Å². The molecule has 1 heterocycles. The van der Waals surface area contributed by atoms with Crippen LogP contribution in [-0.4, -0.2) is 52.6 Å². The lowest BCUT2D eigenvalue weighted by Crippen LogP contribution is -2.37. The van der Waals surface area contributed by atoms with E-state index in [1.54, 1.807) is 12.1 Å². The molecule has 4 unspecified atom stereocenters. The lowest BCUT2D eigenvalue weighted by atomic mass is 10.00. The van der Waals surface area contributed by atoms with Crippen LogP contribution in [0.3, 0.4) is 0 Å². The maximum atomic E-state index is 12.9. The second-order valence-corrected chi connectivity index (χ2v) is 8.70. The maximum absolute atomic E-state index is 12.9. The summed E-state index contributed by atoms with van der Waals surface area (Å²) in [5.74, 6) is -1.92. The van der Waals surface area contributed by atoms with E-state index in [0.717, 1.165) is 24.0 Å². The zero-order valence-corrected chi connectivity index (χ0v) is 20.3. The largest absolute Gasteiger partial charge is 0.457 e. The molecule has 2 aromatic carbocycles. The molecule has 1 fully saturated rings. The minimum absolute atomic E-state index is 0.00461. The number of rotatable bonds is 13. The van der Waals surface area contributed by atoms with E-state index in [4.69, 9.17) is 14.2 Å². The number of unbranched alkanes of at least 4 members (excludes halogenated alkanes) is 1. The van der Waals surface area contributed by atoms with Gasteiger partial charge in [0.15, 0.2) is 5.79 Å². The summed E-state index contributed by atoms with van der Waals surface area (Å²) in [4.78, 5) is 23.5. The van der Waals surface area contributed by atoms with Crippen molar-refractivity contribution in [3.63, 3.8) is 0 Å². The van der Waals surface area contributed by atoms with Crippen LogP contribution >= 0.6 is 0 Å². The summed E-state index contributed by atoms with van der Waals surface area (Å²) in [5, 5.41) is 31.3. The predicted octanol–water partition coefficient (Wildman–Crippen LogP) is 3.50. The van der Waals surface area contributed by atoms with Crippen LogP contribution in [0.4, 0.5) is 0 Å². The van der Waals surface area contributed by atoms with Crippen LogP contribution in [0, 0.1) is 10.1 Å². The van der Waals surface area contributed by atoms with E-state index in [2.05, 4.69) is 0 Å². The van der Waals surface area contributed by atoms with Gasteiger partial charge in [0.2, 0.25) is 6.54 Å². The highest BCUT2D eigenvalue weighted by Gasteiger charge is 2.50. The average Bonchev–Trinajstić information content (AvgIpc) is 3.28. The molecule has 2 N–H and O–H groups in total. The van der Waals surface area contributed by atoms with Crippen LogP contribution < -0.4 is 0 Å². The van der Waals surface area contributed by atoms with Gasteiger partial charge in [-0.2, -0.15) is 0 Å². The Labute approximate surface area is 210 Å². The van der Waals surface area contributed by atoms with Crippen LogP contribution in [-0.2, 0) is 31.4 Å². The summed E-state index contributed by atoms with van der Waals surface area (Å²) in [6.45, 7) is 0.973. The van der Waals surface area contributed by atoms with E-state index in [9.17, 15) is 25.1 Å². The van der Waals surface area contributed by atoms with Gasteiger partial charge < -0.3 is 24.4 Å². The van der Waals surface area contributed by atoms with E-state index in [1.807, 2.05) is 55.5 Å². The number of esters is 1. The van der Waals surface area contributed by atoms with Crippen molar-refractivity contribution in [1.82, 2.24) is 0 Å². The Kier molecular flexibility index (Phi) is 10.1. The van der Waals surface area contributed by atoms with Crippen molar-refractivity contribution in [2.75, 3.05) is 13.2 Å². The van der Waals surface area contributed by atoms with Crippen molar-refractivity contribution >= 4 is 5.97 Å². The van der Waals surface area contributed by atoms with Crippen LogP contribution in [0.2, 0.25) is 0 Å². The topological polar surface area (TPSA) is 128 Å². The highest BCUT2D eigenvalue weighted by molar-refractivity contribution is 5.88. The summed E-state index contributed by atoms with van der Waals surface area (Å²) in [6, 6.07) is 18.3. The van der Waals surface area contributed by atoms with Crippen LogP contribution in [0.1, 0.15) is 43.7 Å². The summed E-state index contributed by atoms with van der Waals surface area (Å²) in [6.07, 6.45) is 0.114. The Morgan fingerprint density at radius 1 is 1.17 bits per heavy atom. The molecule has 4 atom stereocenters. The predicted molar refractivity (Wildman–Crippen MR) is 131 cm³/mol. The molecule has 0 radical (unpaired) electrons. The number of aliphatic hydroxyl groups is 2. The molecule has 0 aromatic heterocycles. The van der Waals surface area contributed by atoms with Gasteiger partial charge in [-0.3, -0.25) is 10.1 Å². The highest BCUT2D eigenvalue weighted by atomic mass is 16.8. The van der Waals surface area contributed by atoms with Gasteiger partial charge in [0.05, 0.1) is 6.61 Å². The van der Waals surface area contributed by atoms with E-state index >= 15 is 0 Å². The van der Waals surface area contributed by atoms with Gasteiger partial charge in [0, 0.05) is 28.9 Å². The molecular formula is C27H33NO8. The molecule has 1 aliphatic rings. The lowest BCUT2D eigenvalue weighted by molar-refractivity contribution is -0.479. The minimum atomic E-state index is -1.30. The molecule has 194 valence electrons. The first-order valence-electron chi connectivity index (χ1n) is 12.1. The second-order valence-electron chi connectivity index (χ2n) is 8.70. The minimum Gasteiger partial charge on any atom is -0.457 e. The number of ether oxygens (including phenoxy) is 3. The Hall–Kier alpha value is -3.11. The molecule has 0 amide bonds. The number of nitro groups is 1. The van der Waals surface area contributed by atoms with E-state index in [0.29, 0.717) is 6.42 Å². The summed E-state index contributed by atoms with van der Waals surface area (Å²) in [5.41, 5.74) is 1.56. The number of carbonyl (C=O) groups excluding carboxylic acids is 1. The van der Waals surface area contributed by atoms with Crippen molar-refractivity contribution in [1.29, 1.82) is 0 Å². The molecule has 1 saturated heterocycles. The Morgan fingerprint density at radius 2 is 1.83 bits per heavy atom. The fourth-order valence-electron chi connectivity index (χ4n) is 4.11. The number of nitrogens with zero attached hydrogens (tertiary/aromatic N) is 1. The average molecular weight is 500 g/mol. The normalized spacial score (nSPS) is 22.8. The molecule has 36 heavy (non-hydrogen) atoms. The number of benzene rings is 2. The quantitative estimate of drug-likeness (QED) is 0.185. The van der Waals surface area contributed by atoms with Gasteiger partial charge in [0.25, 0.3) is 0 Å². The summed E-state index contributed by atoms with van der Waals surface area (Å²) >= 11 is 0. The first kappa shape index (κ1) is 27.5. The third-order valence-electron chi connectivity index (χ3n) is 6.02. The molecule has 3 rings (SSSR count). The zero-order valence-electron chi connectivity index (χ0n) is 20.3. The zero-order chi connectivity index (χ0) is 26.0. The Morgan fingerprint density at radius 3 is 2.44 bits per heavy atom. The van der Waals surface area contributed by atoms with Crippen molar-refractivity contribution in [2.45, 2.75) is 63.3 Å². The second kappa shape index (κ2) is 13.3. The molecule has 0 aliphatic carbocycles. The number of hydrogen-bond donors (Lipinski definition) is 2. The van der Waals surface area contributed by atoms with Gasteiger partial charge in [-0.1, -0.05) is 74.0 Å². The molecule has 9 heteroatoms. The maximum Gasteiger partial charge on any atom is 0.334 e. The van der Waals surface area contributed by atoms with E-state index in [1.165, 1.54) is 6.08 Å². The van der Waals surface area contributed by atoms with Gasteiger partial charge in [-0.05, 0) is 18.1 Å². The van der Waals surface area contributed by atoms with Crippen LogP contribution in [0.15, 0.2) is 72.3 Å². The van der Waals surface area contributed by atoms with Gasteiger partial charge >= 0.3 is 5.97 Å². The molecule has 2 aromatic rings. The SMILES string of the molecule is CCCCC1(c2ccccc2)OC(C=C(CC[N+](=O)[O-])C(=O)OCc2ccccc2)C(C(O)CO)O1. The monoisotopic (exact) mass is 499 g/mol. The lowest BCUT2D eigenvalue weighted by Gasteiger charge is -2.29. The van der Waals surface area contributed by atoms with Crippen molar-refractivity contribution in [3.05, 3.63) is 93.6 Å². The smallest absolute Gasteiger partial charge is 0.334 e. The summed E-state index contributed by atoms with van der Waals surface area (Å²) in [7, 11) is 0. The molecule has 0 bridgehead atoms. The fourth-order valence-corrected chi connectivity index (χ4v) is 4.11. The van der Waals surface area contributed by atoms with E-state index in [-0.39, 0.29) is 18.6 Å². The number of aliphatic hydroxyl groups excluding tert-OH is 2. The number of carbonyl (C=O) groups is 1. The van der Waals surface area contributed by atoms with Crippen molar-refractivity contribution in [3.8, 4) is 0 Å². The molecule has 0 saturated carbocycles. The summed E-state index contributed by atoms with van der Waals surface area (Å²) < 4.78 is 18.1. The third-order valence-corrected chi connectivity index (χ3v) is 6.02.